The van der Waals surface area contributed by atoms with Crippen molar-refractivity contribution in [2.24, 2.45) is 0 Å². The van der Waals surface area contributed by atoms with Gasteiger partial charge in [0.05, 0.1) is 0 Å². The third kappa shape index (κ3) is 5.31. The monoisotopic (exact) mass is 395 g/mol. The van der Waals surface area contributed by atoms with Crippen LogP contribution in [0.5, 0.6) is 5.75 Å². The lowest BCUT2D eigenvalue weighted by atomic mass is 10.2. The van der Waals surface area contributed by atoms with Crippen LogP contribution >= 0.6 is 11.6 Å². The molecule has 0 aliphatic carbocycles. The van der Waals surface area contributed by atoms with E-state index in [1.807, 2.05) is 18.2 Å². The molecule has 0 saturated heterocycles. The lowest BCUT2D eigenvalue weighted by molar-refractivity contribution is -0.114. The molecule has 0 bridgehead atoms. The molecule has 6 nitrogen and oxygen atoms in total. The van der Waals surface area contributed by atoms with Gasteiger partial charge in [-0.15, -0.1) is 0 Å². The first-order chi connectivity index (χ1) is 13.5. The van der Waals surface area contributed by atoms with Gasteiger partial charge in [-0.2, -0.15) is 0 Å². The van der Waals surface area contributed by atoms with E-state index in [9.17, 15) is 9.59 Å². The second-order valence-electron chi connectivity index (χ2n) is 5.98. The van der Waals surface area contributed by atoms with Gasteiger partial charge < -0.3 is 15.4 Å². The number of nitrogens with zero attached hydrogens (tertiary/aromatic N) is 1. The minimum atomic E-state index is -0.362. The quantitative estimate of drug-likeness (QED) is 0.642. The average Bonchev–Trinajstić information content (AvgIpc) is 2.67. The molecule has 0 radical (unpaired) electrons. The van der Waals surface area contributed by atoms with Gasteiger partial charge in [0, 0.05) is 29.4 Å². The molecule has 0 aliphatic rings. The molecule has 0 fully saturated rings. The number of benzene rings is 2. The van der Waals surface area contributed by atoms with E-state index < -0.39 is 0 Å². The molecule has 3 rings (SSSR count). The summed E-state index contributed by atoms with van der Waals surface area (Å²) in [5, 5.41) is 6.01. The molecule has 0 aliphatic heterocycles. The molecule has 2 amide bonds. The van der Waals surface area contributed by atoms with Crippen LogP contribution in [0.4, 0.5) is 11.5 Å². The van der Waals surface area contributed by atoms with Crippen LogP contribution in [-0.4, -0.2) is 16.8 Å². The van der Waals surface area contributed by atoms with Gasteiger partial charge >= 0.3 is 0 Å². The number of halogens is 1. The molecule has 1 aromatic heterocycles. The van der Waals surface area contributed by atoms with Crippen molar-refractivity contribution in [3.05, 3.63) is 83.0 Å². The zero-order valence-corrected chi connectivity index (χ0v) is 15.9. The van der Waals surface area contributed by atoms with Crippen molar-refractivity contribution < 1.29 is 14.3 Å². The first-order valence-electron chi connectivity index (χ1n) is 8.52. The fourth-order valence-electron chi connectivity index (χ4n) is 2.51. The summed E-state index contributed by atoms with van der Waals surface area (Å²) >= 11 is 5.99. The number of hydrogen-bond acceptors (Lipinski definition) is 4. The van der Waals surface area contributed by atoms with Crippen molar-refractivity contribution in [2.45, 2.75) is 13.5 Å². The van der Waals surface area contributed by atoms with Gasteiger partial charge in [0.1, 0.15) is 6.61 Å². The van der Waals surface area contributed by atoms with Crippen LogP contribution in [0.1, 0.15) is 22.8 Å². The highest BCUT2D eigenvalue weighted by atomic mass is 35.5. The Kier molecular flexibility index (Phi) is 6.24. The van der Waals surface area contributed by atoms with Crippen LogP contribution in [0.2, 0.25) is 5.02 Å². The number of rotatable bonds is 6. The van der Waals surface area contributed by atoms with E-state index in [0.29, 0.717) is 27.8 Å². The molecule has 0 spiro atoms. The van der Waals surface area contributed by atoms with Crippen LogP contribution in [0.15, 0.2) is 66.9 Å². The number of carbonyl (C=O) groups is 2. The summed E-state index contributed by atoms with van der Waals surface area (Å²) < 4.78 is 5.80. The Labute approximate surface area is 167 Å². The average molecular weight is 396 g/mol. The number of amides is 2. The van der Waals surface area contributed by atoms with E-state index in [4.69, 9.17) is 16.3 Å². The summed E-state index contributed by atoms with van der Waals surface area (Å²) in [4.78, 5) is 28.0. The topological polar surface area (TPSA) is 80.3 Å². The van der Waals surface area contributed by atoms with Crippen LogP contribution in [0.25, 0.3) is 0 Å². The van der Waals surface area contributed by atoms with Crippen molar-refractivity contribution >= 4 is 34.9 Å². The number of aromatic nitrogens is 1. The fraction of sp³-hybridized carbons (Fsp3) is 0.0952. The van der Waals surface area contributed by atoms with Gasteiger partial charge in [0.2, 0.25) is 5.91 Å². The predicted molar refractivity (Wildman–Crippen MR) is 109 cm³/mol. The van der Waals surface area contributed by atoms with E-state index in [1.54, 1.807) is 48.7 Å². The van der Waals surface area contributed by atoms with Gasteiger partial charge in [-0.3, -0.25) is 9.59 Å². The first kappa shape index (κ1) is 19.4. The number of anilines is 2. The Morgan fingerprint density at radius 2 is 1.86 bits per heavy atom. The number of ether oxygens (including phenoxy) is 1. The Morgan fingerprint density at radius 1 is 1.04 bits per heavy atom. The Hall–Kier alpha value is -3.38. The lowest BCUT2D eigenvalue weighted by Crippen LogP contribution is -2.15. The third-order valence-electron chi connectivity index (χ3n) is 3.73. The Morgan fingerprint density at radius 3 is 2.64 bits per heavy atom. The van der Waals surface area contributed by atoms with Crippen molar-refractivity contribution in [1.29, 1.82) is 0 Å². The molecular weight excluding hydrogens is 378 g/mol. The highest BCUT2D eigenvalue weighted by Gasteiger charge is 2.12. The van der Waals surface area contributed by atoms with Crippen molar-refractivity contribution in [1.82, 2.24) is 4.98 Å². The largest absolute Gasteiger partial charge is 0.485 e. The summed E-state index contributed by atoms with van der Waals surface area (Å²) in [6, 6.07) is 17.4. The zero-order chi connectivity index (χ0) is 19.9. The second kappa shape index (κ2) is 9.01. The van der Waals surface area contributed by atoms with E-state index in [2.05, 4.69) is 15.6 Å². The summed E-state index contributed by atoms with van der Waals surface area (Å²) in [7, 11) is 0. The first-order valence-corrected chi connectivity index (χ1v) is 8.90. The second-order valence-corrected chi connectivity index (χ2v) is 6.42. The van der Waals surface area contributed by atoms with Crippen molar-refractivity contribution in [2.75, 3.05) is 10.6 Å². The van der Waals surface area contributed by atoms with E-state index >= 15 is 0 Å². The summed E-state index contributed by atoms with van der Waals surface area (Å²) in [6.07, 6.45) is 1.57. The van der Waals surface area contributed by atoms with Gasteiger partial charge in [0.25, 0.3) is 5.91 Å². The summed E-state index contributed by atoms with van der Waals surface area (Å²) in [5.74, 6) is 0.172. The maximum atomic E-state index is 12.6. The highest BCUT2D eigenvalue weighted by Crippen LogP contribution is 2.23. The minimum Gasteiger partial charge on any atom is -0.485 e. The van der Waals surface area contributed by atoms with Gasteiger partial charge in [-0.25, -0.2) is 4.98 Å². The molecule has 0 unspecified atom stereocenters. The van der Waals surface area contributed by atoms with Crippen LogP contribution < -0.4 is 15.4 Å². The predicted octanol–water partition coefficient (Wildman–Crippen LogP) is 4.52. The Bertz CT molecular complexity index is 1010. The standard InChI is InChI=1S/C21H18ClN3O3/c1-14(26)24-18-8-3-6-16(12-18)21(27)25-20-19(9-4-10-23-20)28-13-15-5-2-7-17(22)11-15/h2-12H,13H2,1H3,(H,24,26)(H,23,25,27). The van der Waals surface area contributed by atoms with E-state index in [1.165, 1.54) is 6.92 Å². The molecule has 0 saturated carbocycles. The molecule has 2 aromatic carbocycles. The van der Waals surface area contributed by atoms with Crippen molar-refractivity contribution in [3.63, 3.8) is 0 Å². The normalized spacial score (nSPS) is 10.2. The van der Waals surface area contributed by atoms with Crippen LogP contribution in [0.3, 0.4) is 0 Å². The smallest absolute Gasteiger partial charge is 0.256 e. The molecule has 3 aromatic rings. The highest BCUT2D eigenvalue weighted by molar-refractivity contribution is 6.30. The van der Waals surface area contributed by atoms with Gasteiger partial charge in [-0.05, 0) is 48.0 Å². The SMILES string of the molecule is CC(=O)Nc1cccc(C(=O)Nc2ncccc2OCc2cccc(Cl)c2)c1. The van der Waals surface area contributed by atoms with E-state index in [0.717, 1.165) is 5.56 Å². The van der Waals surface area contributed by atoms with Crippen LogP contribution in [0, 0.1) is 0 Å². The summed E-state index contributed by atoms with van der Waals surface area (Å²) in [5.41, 5.74) is 1.83. The molecular formula is C21H18ClN3O3. The maximum Gasteiger partial charge on any atom is 0.256 e. The number of hydrogen-bond donors (Lipinski definition) is 2. The number of pyridine rings is 1. The van der Waals surface area contributed by atoms with Gasteiger partial charge in [0.15, 0.2) is 11.6 Å². The molecule has 2 N–H and O–H groups in total. The molecule has 1 heterocycles. The van der Waals surface area contributed by atoms with E-state index in [-0.39, 0.29) is 18.4 Å². The molecule has 0 atom stereocenters. The van der Waals surface area contributed by atoms with Crippen LogP contribution in [-0.2, 0) is 11.4 Å². The fourth-order valence-corrected chi connectivity index (χ4v) is 2.72. The number of nitrogens with one attached hydrogen (secondary N) is 2. The van der Waals surface area contributed by atoms with Gasteiger partial charge in [-0.1, -0.05) is 29.8 Å². The summed E-state index contributed by atoms with van der Waals surface area (Å²) in [6.45, 7) is 1.69. The molecule has 7 heteroatoms. The Balaban J connectivity index is 1.72. The minimum absolute atomic E-state index is 0.209. The lowest BCUT2D eigenvalue weighted by Gasteiger charge is -2.12. The molecule has 142 valence electrons. The zero-order valence-electron chi connectivity index (χ0n) is 15.1. The third-order valence-corrected chi connectivity index (χ3v) is 3.97. The molecule has 28 heavy (non-hydrogen) atoms. The van der Waals surface area contributed by atoms with Crippen molar-refractivity contribution in [3.8, 4) is 5.75 Å². The number of carbonyl (C=O) groups excluding carboxylic acids is 2. The maximum absolute atomic E-state index is 12.6.